The Morgan fingerprint density at radius 2 is 1.54 bits per heavy atom. The van der Waals surface area contributed by atoms with Gasteiger partial charge in [-0.3, -0.25) is 0 Å². The Balaban J connectivity index is 1.87. The van der Waals surface area contributed by atoms with Gasteiger partial charge in [0.25, 0.3) is 0 Å². The van der Waals surface area contributed by atoms with Crippen molar-refractivity contribution >= 4 is 0 Å². The predicted octanol–water partition coefficient (Wildman–Crippen LogP) is -1.72. The minimum absolute atomic E-state index is 0.358. The summed E-state index contributed by atoms with van der Waals surface area (Å²) in [7, 11) is 0. The number of aliphatic hydroxyl groups is 5. The first-order chi connectivity index (χ1) is 12.5. The molecular weight excluding hydrogens is 348 g/mol. The Kier molecular flexibility index (Phi) is 6.87. The van der Waals surface area contributed by atoms with Crippen LogP contribution in [0.15, 0.2) is 0 Å². The van der Waals surface area contributed by atoms with E-state index in [1.807, 2.05) is 6.92 Å². The maximum Gasteiger partial charge on any atom is 0.187 e. The van der Waals surface area contributed by atoms with E-state index in [-0.39, 0.29) is 0 Å². The summed E-state index contributed by atoms with van der Waals surface area (Å²) in [6.45, 7) is 1.81. The molecule has 0 unspecified atom stereocenters. The Hall–Kier alpha value is -0.360. The SMILES string of the molecule is CC[C@H]1O[C@@H]2O[C@H]3[C@H](O)[C@@H](O)[C@@H](CCCCO[C@H]1[C@H](O)[C@H]2O)O[C@@H]3CO. The van der Waals surface area contributed by atoms with Crippen LogP contribution in [0.5, 0.6) is 0 Å². The van der Waals surface area contributed by atoms with Crippen molar-refractivity contribution in [3.63, 3.8) is 0 Å². The van der Waals surface area contributed by atoms with Crippen molar-refractivity contribution in [1.82, 2.24) is 0 Å². The standard InChI is InChI=1S/C17H30O9/c1-2-8-15-13(21)14(22)17(25-8)26-16-10(7-18)24-9(11(19)12(16)20)5-3-4-6-23-15/h8-22H,2-7H2,1H3/t8-,9-,10-,11+,12-,13-,14-,15-,16-,17-/m1/s1. The van der Waals surface area contributed by atoms with Crippen molar-refractivity contribution < 1.29 is 44.5 Å². The summed E-state index contributed by atoms with van der Waals surface area (Å²) in [6.07, 6.45) is -7.74. The van der Waals surface area contributed by atoms with Crippen LogP contribution in [0.2, 0.25) is 0 Å². The van der Waals surface area contributed by atoms with Gasteiger partial charge in [0.15, 0.2) is 6.29 Å². The summed E-state index contributed by atoms with van der Waals surface area (Å²) in [5.74, 6) is 0. The first-order valence-electron chi connectivity index (χ1n) is 9.39. The number of rotatable bonds is 2. The van der Waals surface area contributed by atoms with E-state index in [0.717, 1.165) is 0 Å². The summed E-state index contributed by atoms with van der Waals surface area (Å²) >= 11 is 0. The highest BCUT2D eigenvalue weighted by atomic mass is 16.7. The zero-order valence-corrected chi connectivity index (χ0v) is 14.9. The average molecular weight is 378 g/mol. The van der Waals surface area contributed by atoms with Gasteiger partial charge >= 0.3 is 0 Å². The third kappa shape index (κ3) is 3.91. The van der Waals surface area contributed by atoms with Crippen molar-refractivity contribution in [2.75, 3.05) is 13.2 Å². The van der Waals surface area contributed by atoms with E-state index in [1.54, 1.807) is 0 Å². The van der Waals surface area contributed by atoms with Gasteiger partial charge in [-0.1, -0.05) is 6.92 Å². The average Bonchev–Trinajstić information content (AvgIpc) is 2.64. The summed E-state index contributed by atoms with van der Waals surface area (Å²) in [6, 6.07) is 0. The lowest BCUT2D eigenvalue weighted by molar-refractivity contribution is -0.344. The van der Waals surface area contributed by atoms with Crippen LogP contribution >= 0.6 is 0 Å². The third-order valence-electron chi connectivity index (χ3n) is 5.49. The Bertz CT molecular complexity index is 446. The molecule has 5 N–H and O–H groups in total. The molecule has 6 heterocycles. The minimum atomic E-state index is -1.40. The highest BCUT2D eigenvalue weighted by molar-refractivity contribution is 4.96. The van der Waals surface area contributed by atoms with Crippen LogP contribution in [0.1, 0.15) is 32.6 Å². The fourth-order valence-electron chi connectivity index (χ4n) is 3.94. The summed E-state index contributed by atoms with van der Waals surface area (Å²) < 4.78 is 22.9. The fourth-order valence-corrected chi connectivity index (χ4v) is 3.94. The van der Waals surface area contributed by atoms with E-state index in [2.05, 4.69) is 0 Å². The zero-order chi connectivity index (χ0) is 18.8. The number of aliphatic hydroxyl groups excluding tert-OH is 5. The molecule has 0 amide bonds. The van der Waals surface area contributed by atoms with Crippen molar-refractivity contribution in [3.8, 4) is 0 Å². The summed E-state index contributed by atoms with van der Waals surface area (Å²) in [5, 5.41) is 51.3. The van der Waals surface area contributed by atoms with Crippen LogP contribution < -0.4 is 0 Å². The molecule has 6 saturated heterocycles. The van der Waals surface area contributed by atoms with Crippen molar-refractivity contribution in [2.24, 2.45) is 0 Å². The van der Waals surface area contributed by atoms with Gasteiger partial charge in [0.1, 0.15) is 42.7 Å². The highest BCUT2D eigenvalue weighted by Gasteiger charge is 2.50. The van der Waals surface area contributed by atoms with Crippen LogP contribution in [0, 0.1) is 0 Å². The monoisotopic (exact) mass is 378 g/mol. The molecular formula is C17H30O9. The molecule has 0 saturated carbocycles. The van der Waals surface area contributed by atoms with Gasteiger partial charge < -0.3 is 44.5 Å². The molecule has 9 nitrogen and oxygen atoms in total. The van der Waals surface area contributed by atoms with E-state index in [1.165, 1.54) is 0 Å². The smallest absolute Gasteiger partial charge is 0.187 e. The van der Waals surface area contributed by atoms with Crippen LogP contribution in [0.25, 0.3) is 0 Å². The maximum absolute atomic E-state index is 10.5. The molecule has 152 valence electrons. The largest absolute Gasteiger partial charge is 0.394 e. The van der Waals surface area contributed by atoms with Gasteiger partial charge in [-0.05, 0) is 25.7 Å². The van der Waals surface area contributed by atoms with Crippen molar-refractivity contribution in [2.45, 2.75) is 93.8 Å². The minimum Gasteiger partial charge on any atom is -0.394 e. The van der Waals surface area contributed by atoms with Crippen LogP contribution in [-0.2, 0) is 18.9 Å². The van der Waals surface area contributed by atoms with Gasteiger partial charge in [-0.15, -0.1) is 0 Å². The second-order valence-corrected chi connectivity index (χ2v) is 7.24. The van der Waals surface area contributed by atoms with Gasteiger partial charge in [0.2, 0.25) is 0 Å². The number of hydrogen-bond acceptors (Lipinski definition) is 9. The molecule has 9 heteroatoms. The second kappa shape index (κ2) is 8.76. The van der Waals surface area contributed by atoms with Crippen LogP contribution in [0.3, 0.4) is 0 Å². The first kappa shape index (κ1) is 20.4. The highest BCUT2D eigenvalue weighted by Crippen LogP contribution is 2.32. The van der Waals surface area contributed by atoms with Crippen molar-refractivity contribution in [3.05, 3.63) is 0 Å². The fraction of sp³-hybridized carbons (Fsp3) is 1.00. The molecule has 0 aromatic carbocycles. The van der Waals surface area contributed by atoms with Gasteiger partial charge in [0.05, 0.1) is 18.8 Å². The molecule has 0 aromatic rings. The lowest BCUT2D eigenvalue weighted by atomic mass is 9.91. The summed E-state index contributed by atoms with van der Waals surface area (Å²) in [5.41, 5.74) is 0. The predicted molar refractivity (Wildman–Crippen MR) is 87.2 cm³/mol. The lowest BCUT2D eigenvalue weighted by Crippen LogP contribution is -2.64. The molecule has 6 aliphatic heterocycles. The molecule has 0 radical (unpaired) electrons. The molecule has 4 bridgehead atoms. The summed E-state index contributed by atoms with van der Waals surface area (Å²) in [4.78, 5) is 0. The zero-order valence-electron chi connectivity index (χ0n) is 14.9. The topological polar surface area (TPSA) is 138 Å². The van der Waals surface area contributed by atoms with Gasteiger partial charge in [-0.25, -0.2) is 0 Å². The second-order valence-electron chi connectivity index (χ2n) is 7.24. The van der Waals surface area contributed by atoms with Gasteiger partial charge in [0, 0.05) is 6.61 Å². The molecule has 26 heavy (non-hydrogen) atoms. The first-order valence-corrected chi connectivity index (χ1v) is 9.39. The van der Waals surface area contributed by atoms with Gasteiger partial charge in [-0.2, -0.15) is 0 Å². The molecule has 0 aromatic heterocycles. The molecule has 6 aliphatic rings. The van der Waals surface area contributed by atoms with E-state index in [9.17, 15) is 25.5 Å². The van der Waals surface area contributed by atoms with E-state index >= 15 is 0 Å². The number of ether oxygens (including phenoxy) is 4. The van der Waals surface area contributed by atoms with E-state index in [4.69, 9.17) is 18.9 Å². The molecule has 6 rings (SSSR count). The van der Waals surface area contributed by atoms with E-state index in [0.29, 0.717) is 32.3 Å². The molecule has 10 atom stereocenters. The number of hydrogen-bond donors (Lipinski definition) is 5. The Morgan fingerprint density at radius 3 is 2.23 bits per heavy atom. The molecule has 6 fully saturated rings. The molecule has 0 aliphatic carbocycles. The lowest BCUT2D eigenvalue weighted by Gasteiger charge is -2.47. The van der Waals surface area contributed by atoms with Crippen LogP contribution in [-0.4, -0.2) is 100.0 Å². The molecule has 0 spiro atoms. The third-order valence-corrected chi connectivity index (χ3v) is 5.49. The van der Waals surface area contributed by atoms with Crippen molar-refractivity contribution in [1.29, 1.82) is 0 Å². The normalized spacial score (nSPS) is 50.5. The van der Waals surface area contributed by atoms with E-state index < -0.39 is 67.8 Å². The Labute approximate surface area is 152 Å². The Morgan fingerprint density at radius 1 is 0.808 bits per heavy atom. The quantitative estimate of drug-likeness (QED) is 0.380. The van der Waals surface area contributed by atoms with Crippen LogP contribution in [0.4, 0.5) is 0 Å². The maximum atomic E-state index is 10.5.